The fraction of sp³-hybridized carbons (Fsp3) is 0.308. The molecular weight excluding hydrogens is 446 g/mol. The summed E-state index contributed by atoms with van der Waals surface area (Å²) in [6.45, 7) is 2.46. The van der Waals surface area contributed by atoms with Crippen LogP contribution in [-0.2, 0) is 4.79 Å². The maximum absolute atomic E-state index is 12.5. The van der Waals surface area contributed by atoms with Crippen LogP contribution in [0.25, 0.3) is 6.08 Å². The number of benzene rings is 2. The van der Waals surface area contributed by atoms with Crippen molar-refractivity contribution < 1.29 is 19.0 Å². The van der Waals surface area contributed by atoms with Crippen molar-refractivity contribution in [3.05, 3.63) is 72.3 Å². The molecule has 1 unspecified atom stereocenters. The molecule has 9 nitrogen and oxygen atoms in total. The van der Waals surface area contributed by atoms with Crippen molar-refractivity contribution in [2.24, 2.45) is 0 Å². The van der Waals surface area contributed by atoms with E-state index in [0.717, 1.165) is 17.7 Å². The summed E-state index contributed by atoms with van der Waals surface area (Å²) >= 11 is 0. The second-order valence-corrected chi connectivity index (χ2v) is 8.05. The van der Waals surface area contributed by atoms with E-state index in [4.69, 9.17) is 14.2 Å². The van der Waals surface area contributed by atoms with Gasteiger partial charge in [-0.2, -0.15) is 5.21 Å². The minimum atomic E-state index is -0.522. The summed E-state index contributed by atoms with van der Waals surface area (Å²) in [4.78, 5) is 12.5. The number of tetrazole rings is 1. The zero-order valence-electron chi connectivity index (χ0n) is 19.6. The smallest absolute Gasteiger partial charge is 0.248 e. The molecule has 1 aliphatic rings. The van der Waals surface area contributed by atoms with Crippen molar-refractivity contribution in [2.75, 3.05) is 11.9 Å². The number of carbonyl (C=O) groups excluding carboxylic acids is 1. The van der Waals surface area contributed by atoms with Crippen LogP contribution in [0.4, 0.5) is 5.69 Å². The van der Waals surface area contributed by atoms with Gasteiger partial charge in [-0.25, -0.2) is 0 Å². The molecule has 0 aliphatic carbocycles. The lowest BCUT2D eigenvalue weighted by molar-refractivity contribution is -0.111. The molecule has 0 fully saturated rings. The van der Waals surface area contributed by atoms with E-state index in [1.165, 1.54) is 31.8 Å². The number of nitrogens with zero attached hydrogens (tertiary/aromatic N) is 3. The number of rotatable bonds is 11. The summed E-state index contributed by atoms with van der Waals surface area (Å²) in [7, 11) is 0. The molecule has 0 radical (unpaired) electrons. The van der Waals surface area contributed by atoms with E-state index in [0.29, 0.717) is 23.0 Å². The standard InChI is InChI=1S/C26H29N5O4/c1-2-3-4-5-6-7-17-33-20-14-11-19(12-15-20)13-16-24(32)27-21-9-8-10-22-25(21)35-23(18-34-22)26-28-30-31-29-26/h7-17,23H,2-6,18H2,1H3,(H,27,32)(H,28,29,30,31)/b16-13+,17-7+. The number of para-hydroxylation sites is 1. The zero-order valence-corrected chi connectivity index (χ0v) is 19.6. The van der Waals surface area contributed by atoms with Crippen LogP contribution in [0.1, 0.15) is 56.5 Å². The summed E-state index contributed by atoms with van der Waals surface area (Å²) in [6.07, 6.45) is 12.4. The number of ether oxygens (including phenoxy) is 3. The molecule has 0 saturated heterocycles. The SMILES string of the molecule is CCCCCC/C=C/Oc1ccc(/C=C/C(=O)Nc2cccc3c2OC(c2nn[nH]n2)CO3)cc1. The Balaban J connectivity index is 1.29. The highest BCUT2D eigenvalue weighted by Crippen LogP contribution is 2.41. The molecule has 2 N–H and O–H groups in total. The van der Waals surface area contributed by atoms with Gasteiger partial charge in [0.1, 0.15) is 12.4 Å². The van der Waals surface area contributed by atoms with E-state index >= 15 is 0 Å². The average Bonchev–Trinajstić information content (AvgIpc) is 3.43. The molecule has 3 aromatic rings. The average molecular weight is 476 g/mol. The first kappa shape index (κ1) is 24.0. The number of amides is 1. The predicted octanol–water partition coefficient (Wildman–Crippen LogP) is 5.23. The molecule has 2 aromatic carbocycles. The van der Waals surface area contributed by atoms with Gasteiger partial charge in [0.15, 0.2) is 17.6 Å². The fourth-order valence-electron chi connectivity index (χ4n) is 3.51. The highest BCUT2D eigenvalue weighted by molar-refractivity contribution is 6.03. The van der Waals surface area contributed by atoms with Crippen molar-refractivity contribution >= 4 is 17.7 Å². The molecule has 1 aromatic heterocycles. The van der Waals surface area contributed by atoms with E-state index in [2.05, 4.69) is 38.9 Å². The van der Waals surface area contributed by atoms with Crippen LogP contribution in [-0.4, -0.2) is 33.1 Å². The van der Waals surface area contributed by atoms with Crippen LogP contribution >= 0.6 is 0 Å². The van der Waals surface area contributed by atoms with Crippen LogP contribution < -0.4 is 19.5 Å². The molecule has 182 valence electrons. The first-order valence-corrected chi connectivity index (χ1v) is 11.8. The molecule has 0 saturated carbocycles. The number of nitrogens with one attached hydrogen (secondary N) is 2. The molecule has 35 heavy (non-hydrogen) atoms. The van der Waals surface area contributed by atoms with Crippen LogP contribution in [0.5, 0.6) is 17.2 Å². The highest BCUT2D eigenvalue weighted by Gasteiger charge is 2.28. The summed E-state index contributed by atoms with van der Waals surface area (Å²) in [5.41, 5.74) is 1.37. The van der Waals surface area contributed by atoms with E-state index in [-0.39, 0.29) is 12.5 Å². The number of hydrogen-bond donors (Lipinski definition) is 2. The van der Waals surface area contributed by atoms with Gasteiger partial charge in [0.25, 0.3) is 0 Å². The second-order valence-electron chi connectivity index (χ2n) is 8.05. The number of allylic oxidation sites excluding steroid dienone is 1. The number of anilines is 1. The Kier molecular flexibility index (Phi) is 8.47. The number of unbranched alkanes of at least 4 members (excludes halogenated alkanes) is 4. The van der Waals surface area contributed by atoms with E-state index < -0.39 is 6.10 Å². The first-order valence-electron chi connectivity index (χ1n) is 11.8. The Hall–Kier alpha value is -4.14. The minimum absolute atomic E-state index is 0.248. The van der Waals surface area contributed by atoms with Crippen molar-refractivity contribution in [2.45, 2.75) is 45.1 Å². The van der Waals surface area contributed by atoms with Gasteiger partial charge in [-0.15, -0.1) is 10.2 Å². The van der Waals surface area contributed by atoms with Crippen LogP contribution in [0, 0.1) is 0 Å². The molecule has 0 bridgehead atoms. The fourth-order valence-corrected chi connectivity index (χ4v) is 3.51. The van der Waals surface area contributed by atoms with E-state index in [1.807, 2.05) is 24.3 Å². The van der Waals surface area contributed by atoms with Gasteiger partial charge in [-0.3, -0.25) is 4.79 Å². The number of aromatic nitrogens is 4. The number of hydrogen-bond acceptors (Lipinski definition) is 7. The van der Waals surface area contributed by atoms with E-state index in [9.17, 15) is 4.79 Å². The number of fused-ring (bicyclic) bond motifs is 1. The van der Waals surface area contributed by atoms with Crippen LogP contribution in [0.3, 0.4) is 0 Å². The van der Waals surface area contributed by atoms with Crippen LogP contribution in [0.15, 0.2) is 60.9 Å². The topological polar surface area (TPSA) is 111 Å². The summed E-state index contributed by atoms with van der Waals surface area (Å²) in [5.74, 6) is 1.80. The third kappa shape index (κ3) is 6.92. The molecule has 1 amide bonds. The normalized spacial score (nSPS) is 14.9. The van der Waals surface area contributed by atoms with Crippen molar-refractivity contribution in [3.63, 3.8) is 0 Å². The van der Waals surface area contributed by atoms with Gasteiger partial charge in [0.05, 0.1) is 11.9 Å². The van der Waals surface area contributed by atoms with Crippen molar-refractivity contribution in [1.29, 1.82) is 0 Å². The predicted molar refractivity (Wildman–Crippen MR) is 132 cm³/mol. The number of carbonyl (C=O) groups is 1. The summed E-state index contributed by atoms with van der Waals surface area (Å²) < 4.78 is 17.4. The van der Waals surface area contributed by atoms with Gasteiger partial charge in [0.2, 0.25) is 11.7 Å². The monoisotopic (exact) mass is 475 g/mol. The molecule has 2 heterocycles. The maximum atomic E-state index is 12.5. The Morgan fingerprint density at radius 1 is 1.20 bits per heavy atom. The summed E-state index contributed by atoms with van der Waals surface area (Å²) in [6, 6.07) is 12.8. The van der Waals surface area contributed by atoms with Gasteiger partial charge < -0.3 is 19.5 Å². The summed E-state index contributed by atoms with van der Waals surface area (Å²) in [5, 5.41) is 16.7. The third-order valence-corrected chi connectivity index (χ3v) is 5.37. The zero-order chi connectivity index (χ0) is 24.3. The number of H-pyrrole nitrogens is 1. The van der Waals surface area contributed by atoms with Gasteiger partial charge in [-0.05, 0) is 54.8 Å². The van der Waals surface area contributed by atoms with Gasteiger partial charge in [-0.1, -0.05) is 49.6 Å². The van der Waals surface area contributed by atoms with Crippen molar-refractivity contribution in [1.82, 2.24) is 20.6 Å². The molecular formula is C26H29N5O4. The van der Waals surface area contributed by atoms with Crippen LogP contribution in [0.2, 0.25) is 0 Å². The quantitative estimate of drug-likeness (QED) is 0.222. The molecule has 1 atom stereocenters. The van der Waals surface area contributed by atoms with Gasteiger partial charge >= 0.3 is 0 Å². The lowest BCUT2D eigenvalue weighted by Crippen LogP contribution is -2.24. The molecule has 1 aliphatic heterocycles. The Bertz CT molecular complexity index is 1140. The largest absolute Gasteiger partial charge is 0.485 e. The molecule has 4 rings (SSSR count). The van der Waals surface area contributed by atoms with Gasteiger partial charge in [0, 0.05) is 6.08 Å². The van der Waals surface area contributed by atoms with Crippen molar-refractivity contribution in [3.8, 4) is 17.2 Å². The number of aromatic amines is 1. The lowest BCUT2D eigenvalue weighted by Gasteiger charge is -2.26. The minimum Gasteiger partial charge on any atom is -0.485 e. The molecule has 9 heteroatoms. The molecule has 0 spiro atoms. The second kappa shape index (κ2) is 12.4. The Morgan fingerprint density at radius 2 is 2.09 bits per heavy atom. The highest BCUT2D eigenvalue weighted by atomic mass is 16.6. The Labute approximate surface area is 204 Å². The first-order chi connectivity index (χ1) is 17.2. The maximum Gasteiger partial charge on any atom is 0.248 e. The Morgan fingerprint density at radius 3 is 2.89 bits per heavy atom. The lowest BCUT2D eigenvalue weighted by atomic mass is 10.1. The third-order valence-electron chi connectivity index (χ3n) is 5.37. The van der Waals surface area contributed by atoms with E-state index in [1.54, 1.807) is 30.5 Å².